The van der Waals surface area contributed by atoms with Crippen LogP contribution in [0.5, 0.6) is 5.75 Å². The van der Waals surface area contributed by atoms with Gasteiger partial charge in [-0.25, -0.2) is 4.98 Å². The average molecular weight is 370 g/mol. The lowest BCUT2D eigenvalue weighted by atomic mass is 10.0. The van der Waals surface area contributed by atoms with Gasteiger partial charge in [0.15, 0.2) is 5.58 Å². The number of ether oxygens (including phenoxy) is 2. The van der Waals surface area contributed by atoms with Gasteiger partial charge in [0.25, 0.3) is 0 Å². The molecule has 27 heavy (non-hydrogen) atoms. The van der Waals surface area contributed by atoms with E-state index in [2.05, 4.69) is 10.3 Å². The third kappa shape index (κ3) is 4.04. The Morgan fingerprint density at radius 2 is 2.19 bits per heavy atom. The van der Waals surface area contributed by atoms with Crippen molar-refractivity contribution in [2.24, 2.45) is 0 Å². The summed E-state index contributed by atoms with van der Waals surface area (Å²) in [7, 11) is 3.37. The Kier molecular flexibility index (Phi) is 5.22. The second-order valence-corrected chi connectivity index (χ2v) is 6.63. The number of fused-ring (bicyclic) bond motifs is 1. The van der Waals surface area contributed by atoms with Gasteiger partial charge in [0.2, 0.25) is 18.3 Å². The zero-order valence-electron chi connectivity index (χ0n) is 15.6. The van der Waals surface area contributed by atoms with Crippen LogP contribution in [0.2, 0.25) is 0 Å². The lowest BCUT2D eigenvalue weighted by molar-refractivity contribution is -0.885. The van der Waals surface area contributed by atoms with Crippen LogP contribution in [0.4, 0.5) is 0 Å². The molecule has 3 heterocycles. The maximum Gasteiger partial charge on any atom is 0.235 e. The Morgan fingerprint density at radius 3 is 2.96 bits per heavy atom. The molecule has 4 rings (SSSR count). The van der Waals surface area contributed by atoms with E-state index in [0.29, 0.717) is 24.6 Å². The smallest absolute Gasteiger partial charge is 0.235 e. The molecule has 0 amide bonds. The quantitative estimate of drug-likeness (QED) is 0.669. The van der Waals surface area contributed by atoms with E-state index in [-0.39, 0.29) is 0 Å². The van der Waals surface area contributed by atoms with Crippen LogP contribution < -0.4 is 19.6 Å². The fraction of sp³-hybridized carbons (Fsp3) is 0.400. The molecule has 1 aliphatic heterocycles. The summed E-state index contributed by atoms with van der Waals surface area (Å²) in [5, 5.41) is 3.47. The molecule has 7 heteroatoms. The molecule has 1 aliphatic rings. The van der Waals surface area contributed by atoms with E-state index >= 15 is 0 Å². The van der Waals surface area contributed by atoms with E-state index in [1.165, 1.54) is 0 Å². The van der Waals surface area contributed by atoms with Crippen molar-refractivity contribution in [3.63, 3.8) is 0 Å². The number of benzene rings is 1. The summed E-state index contributed by atoms with van der Waals surface area (Å²) in [5.41, 5.74) is 2.34. The van der Waals surface area contributed by atoms with Crippen molar-refractivity contribution in [3.05, 3.63) is 42.7 Å². The van der Waals surface area contributed by atoms with Crippen molar-refractivity contribution in [3.8, 4) is 17.2 Å². The highest BCUT2D eigenvalue weighted by atomic mass is 16.6. The Morgan fingerprint density at radius 1 is 1.26 bits per heavy atom. The van der Waals surface area contributed by atoms with Crippen LogP contribution in [-0.2, 0) is 4.74 Å². The Labute approximate surface area is 157 Å². The van der Waals surface area contributed by atoms with Crippen LogP contribution in [0.15, 0.2) is 47.1 Å². The molecule has 142 valence electrons. The standard InChI is InChI=1S/C20H24N3O4/c1-24-17-6-5-15(21-11-17)13-26-16-7-8-19-18(10-16)22-20(27-19)14-4-3-9-23(12-14)25-2/h3-4,7-10,12,15,17,21H,5-6,11,13H2,1-2H3/q+1. The minimum absolute atomic E-state index is 0.306. The predicted molar refractivity (Wildman–Crippen MR) is 99.5 cm³/mol. The first-order valence-corrected chi connectivity index (χ1v) is 9.11. The number of nitrogens with one attached hydrogen (secondary N) is 1. The Balaban J connectivity index is 1.45. The van der Waals surface area contributed by atoms with Crippen LogP contribution in [0.25, 0.3) is 22.6 Å². The molecule has 0 aliphatic carbocycles. The summed E-state index contributed by atoms with van der Waals surface area (Å²) in [5.74, 6) is 1.34. The van der Waals surface area contributed by atoms with Crippen LogP contribution in [0.3, 0.4) is 0 Å². The molecule has 3 aromatic rings. The summed E-state index contributed by atoms with van der Waals surface area (Å²) in [6, 6.07) is 9.87. The molecule has 7 nitrogen and oxygen atoms in total. The van der Waals surface area contributed by atoms with Crippen LogP contribution in [0.1, 0.15) is 12.8 Å². The van der Waals surface area contributed by atoms with Crippen molar-refractivity contribution < 1.29 is 23.5 Å². The molecule has 0 saturated carbocycles. The van der Waals surface area contributed by atoms with E-state index in [0.717, 1.165) is 41.8 Å². The summed E-state index contributed by atoms with van der Waals surface area (Å²) in [6.45, 7) is 1.49. The molecule has 1 N–H and O–H groups in total. The molecule has 1 aromatic carbocycles. The number of hydrogen-bond donors (Lipinski definition) is 1. The number of methoxy groups -OCH3 is 1. The lowest BCUT2D eigenvalue weighted by Gasteiger charge is -2.28. The van der Waals surface area contributed by atoms with Gasteiger partial charge in [-0.2, -0.15) is 0 Å². The minimum Gasteiger partial charge on any atom is -0.492 e. The number of nitrogens with zero attached hydrogens (tertiary/aromatic N) is 2. The van der Waals surface area contributed by atoms with Crippen LogP contribution in [0, 0.1) is 0 Å². The molecule has 0 bridgehead atoms. The lowest BCUT2D eigenvalue weighted by Crippen LogP contribution is -2.45. The van der Waals surface area contributed by atoms with Gasteiger partial charge in [-0.15, -0.1) is 0 Å². The molecule has 2 aromatic heterocycles. The van der Waals surface area contributed by atoms with Gasteiger partial charge in [0.05, 0.1) is 6.10 Å². The molecule has 1 saturated heterocycles. The Hall–Kier alpha value is -2.64. The number of piperidine rings is 1. The number of pyridine rings is 1. The van der Waals surface area contributed by atoms with Gasteiger partial charge < -0.3 is 19.2 Å². The fourth-order valence-corrected chi connectivity index (χ4v) is 3.24. The van der Waals surface area contributed by atoms with E-state index in [1.807, 2.05) is 42.7 Å². The van der Waals surface area contributed by atoms with E-state index < -0.39 is 0 Å². The largest absolute Gasteiger partial charge is 0.492 e. The summed E-state index contributed by atoms with van der Waals surface area (Å²) in [6.07, 6.45) is 6.04. The van der Waals surface area contributed by atoms with Gasteiger partial charge in [0, 0.05) is 36.6 Å². The molecule has 0 spiro atoms. The molecule has 0 radical (unpaired) electrons. The van der Waals surface area contributed by atoms with Crippen LogP contribution in [-0.4, -0.2) is 44.5 Å². The maximum atomic E-state index is 5.96. The van der Waals surface area contributed by atoms with Crippen molar-refractivity contribution in [1.82, 2.24) is 10.3 Å². The third-order valence-electron chi connectivity index (χ3n) is 4.85. The zero-order valence-corrected chi connectivity index (χ0v) is 15.6. The first-order chi connectivity index (χ1) is 13.2. The van der Waals surface area contributed by atoms with Crippen LogP contribution >= 0.6 is 0 Å². The first-order valence-electron chi connectivity index (χ1n) is 9.11. The second kappa shape index (κ2) is 7.94. The number of oxazole rings is 1. The number of aromatic nitrogens is 2. The van der Waals surface area contributed by atoms with Gasteiger partial charge >= 0.3 is 0 Å². The highest BCUT2D eigenvalue weighted by Gasteiger charge is 2.20. The predicted octanol–water partition coefficient (Wildman–Crippen LogP) is 1.99. The SMILES string of the molecule is COC1CCC(COc2ccc3oc(-c4ccc[n+](OC)c4)nc3c2)NC1. The third-order valence-corrected chi connectivity index (χ3v) is 4.85. The Bertz CT molecular complexity index is 903. The summed E-state index contributed by atoms with van der Waals surface area (Å²) in [4.78, 5) is 9.77. The molecule has 2 atom stereocenters. The van der Waals surface area contributed by atoms with Crippen molar-refractivity contribution in [2.45, 2.75) is 25.0 Å². The fourth-order valence-electron chi connectivity index (χ4n) is 3.24. The van der Waals surface area contributed by atoms with E-state index in [1.54, 1.807) is 19.0 Å². The van der Waals surface area contributed by atoms with Gasteiger partial charge in [0.1, 0.15) is 30.5 Å². The number of rotatable bonds is 6. The summed E-state index contributed by atoms with van der Waals surface area (Å²) < 4.78 is 18.8. The van der Waals surface area contributed by atoms with Crippen molar-refractivity contribution >= 4 is 11.1 Å². The highest BCUT2D eigenvalue weighted by Crippen LogP contribution is 2.26. The maximum absolute atomic E-state index is 5.96. The van der Waals surface area contributed by atoms with E-state index in [4.69, 9.17) is 18.7 Å². The molecule has 1 fully saturated rings. The van der Waals surface area contributed by atoms with Gasteiger partial charge in [-0.3, -0.25) is 4.84 Å². The molecular formula is C20H24N3O4+. The zero-order chi connectivity index (χ0) is 18.6. The van der Waals surface area contributed by atoms with Crippen molar-refractivity contribution in [1.29, 1.82) is 0 Å². The highest BCUT2D eigenvalue weighted by molar-refractivity contribution is 5.77. The number of hydrogen-bond acceptors (Lipinski definition) is 6. The van der Waals surface area contributed by atoms with Gasteiger partial charge in [-0.1, -0.05) is 0 Å². The first kappa shape index (κ1) is 17.8. The van der Waals surface area contributed by atoms with Gasteiger partial charge in [-0.05, 0) is 31.0 Å². The average Bonchev–Trinajstić information content (AvgIpc) is 3.16. The normalized spacial score (nSPS) is 19.9. The molecule has 2 unspecified atom stereocenters. The topological polar surface area (TPSA) is 69.6 Å². The second-order valence-electron chi connectivity index (χ2n) is 6.63. The monoisotopic (exact) mass is 370 g/mol. The van der Waals surface area contributed by atoms with Crippen molar-refractivity contribution in [2.75, 3.05) is 27.4 Å². The summed E-state index contributed by atoms with van der Waals surface area (Å²) >= 11 is 0. The molecular weight excluding hydrogens is 346 g/mol. The van der Waals surface area contributed by atoms with E-state index in [9.17, 15) is 0 Å². The minimum atomic E-state index is 0.306.